The molecular formula is C55H57F2N7O4. The van der Waals surface area contributed by atoms with Crippen molar-refractivity contribution < 1.29 is 28.3 Å². The van der Waals surface area contributed by atoms with Gasteiger partial charge in [0.25, 0.3) is 17.7 Å². The van der Waals surface area contributed by atoms with E-state index in [1.165, 1.54) is 17.7 Å². The number of aromatic nitrogens is 2. The van der Waals surface area contributed by atoms with Crippen LogP contribution in [0.5, 0.6) is 5.75 Å². The molecule has 0 saturated carbocycles. The van der Waals surface area contributed by atoms with E-state index in [0.29, 0.717) is 96.4 Å². The Hall–Kier alpha value is -7.04. The van der Waals surface area contributed by atoms with E-state index in [1.807, 2.05) is 83.8 Å². The molecule has 3 aliphatic rings. The first-order chi connectivity index (χ1) is 32.6. The number of piperidine rings is 1. The van der Waals surface area contributed by atoms with E-state index in [9.17, 15) is 23.9 Å². The predicted octanol–water partition coefficient (Wildman–Crippen LogP) is 9.19. The third kappa shape index (κ3) is 9.05. The Kier molecular flexibility index (Phi) is 12.6. The minimum Gasteiger partial charge on any atom is -0.508 e. The second-order valence-electron chi connectivity index (χ2n) is 18.8. The van der Waals surface area contributed by atoms with Crippen LogP contribution in [0.4, 0.5) is 20.2 Å². The second-order valence-corrected chi connectivity index (χ2v) is 18.8. The minimum absolute atomic E-state index is 0.00852. The highest BCUT2D eigenvalue weighted by Crippen LogP contribution is 2.39. The third-order valence-electron chi connectivity index (χ3n) is 14.6. The lowest BCUT2D eigenvalue weighted by molar-refractivity contribution is -0.131. The van der Waals surface area contributed by atoms with Crippen LogP contribution in [0.25, 0.3) is 11.3 Å². The zero-order valence-corrected chi connectivity index (χ0v) is 39.4. The van der Waals surface area contributed by atoms with Crippen LogP contribution < -0.4 is 4.90 Å². The number of carbonyl (C=O) groups excluding carboxylic acids is 3. The number of fused-ring (bicyclic) bond motifs is 2. The van der Waals surface area contributed by atoms with E-state index in [1.54, 1.807) is 34.7 Å². The first-order valence-electron chi connectivity index (χ1n) is 23.4. The molecule has 0 radical (unpaired) electrons. The normalized spacial score (nSPS) is 16.8. The number of alkyl halides is 2. The average Bonchev–Trinajstić information content (AvgIpc) is 3.79. The Morgan fingerprint density at radius 2 is 1.49 bits per heavy atom. The van der Waals surface area contributed by atoms with Crippen LogP contribution in [0.1, 0.15) is 90.9 Å². The lowest BCUT2D eigenvalue weighted by Crippen LogP contribution is -2.43. The number of likely N-dealkylation sites (tertiary alicyclic amines) is 1. The van der Waals surface area contributed by atoms with Gasteiger partial charge in [0.2, 0.25) is 5.91 Å². The van der Waals surface area contributed by atoms with Crippen LogP contribution in [0.2, 0.25) is 0 Å². The molecule has 1 saturated heterocycles. The molecule has 0 aliphatic carbocycles. The van der Waals surface area contributed by atoms with Crippen molar-refractivity contribution in [3.05, 3.63) is 159 Å². The maximum atomic E-state index is 15.2. The molecule has 6 aromatic rings. The molecule has 1 fully saturated rings. The van der Waals surface area contributed by atoms with Crippen molar-refractivity contribution in [2.24, 2.45) is 14.1 Å². The zero-order valence-electron chi connectivity index (χ0n) is 39.4. The van der Waals surface area contributed by atoms with Crippen molar-refractivity contribution in [1.82, 2.24) is 23.8 Å². The lowest BCUT2D eigenvalue weighted by atomic mass is 9.89. The Bertz CT molecular complexity index is 2960. The highest BCUT2D eigenvalue weighted by atomic mass is 19.3. The molecule has 3 amide bonds. The number of rotatable bonds is 10. The number of hydrogen-bond acceptors (Lipinski definition) is 6. The molecule has 13 heteroatoms. The molecule has 0 bridgehead atoms. The van der Waals surface area contributed by atoms with Gasteiger partial charge in [0.1, 0.15) is 17.5 Å². The molecule has 0 unspecified atom stereocenters. The summed E-state index contributed by atoms with van der Waals surface area (Å²) in [6.45, 7) is 8.63. The van der Waals surface area contributed by atoms with Crippen LogP contribution in [0.15, 0.2) is 97.1 Å². The predicted molar refractivity (Wildman–Crippen MR) is 258 cm³/mol. The topological polar surface area (TPSA) is 118 Å². The van der Waals surface area contributed by atoms with Crippen molar-refractivity contribution >= 4 is 29.1 Å². The summed E-state index contributed by atoms with van der Waals surface area (Å²) in [6.07, 6.45) is 2.08. The number of benzene rings is 4. The van der Waals surface area contributed by atoms with Crippen LogP contribution in [0.3, 0.4) is 0 Å². The number of halogens is 2. The lowest BCUT2D eigenvalue weighted by Gasteiger charge is -2.36. The number of carbonyl (C=O) groups is 3. The van der Waals surface area contributed by atoms with Crippen LogP contribution >= 0.6 is 0 Å². The quantitative estimate of drug-likeness (QED) is 0.147. The van der Waals surface area contributed by atoms with E-state index in [4.69, 9.17) is 0 Å². The van der Waals surface area contributed by atoms with E-state index in [-0.39, 0.29) is 48.8 Å². The van der Waals surface area contributed by atoms with Gasteiger partial charge in [-0.15, -0.1) is 0 Å². The van der Waals surface area contributed by atoms with Crippen molar-refractivity contribution in [3.8, 4) is 23.1 Å². The summed E-state index contributed by atoms with van der Waals surface area (Å²) in [7, 11) is 3.68. The van der Waals surface area contributed by atoms with E-state index in [2.05, 4.69) is 36.1 Å². The summed E-state index contributed by atoms with van der Waals surface area (Å²) in [5, 5.41) is 20.1. The van der Waals surface area contributed by atoms with Gasteiger partial charge >= 0.3 is 0 Å². The standard InChI is InChI=1S/C55H57F2N7O4/c1-35-26-40-8-6-7-9-42(40)34-63(35)53(67)49-29-43-33-62(52(66)27-39-12-10-38(11-13-39)18-22-61-24-20-55(56,57)21-25-61)23-19-41(43)28-48(49)51-31-47(36(2)60(51)5)54(68)64(44-14-16-46(65)17-15-44)50-30-45(32-58)59(4)37(50)3/h6-17,28-31,35,65H,18-27,33-34H2,1-5H3/t35-/m1/s1. The third-order valence-corrected chi connectivity index (χ3v) is 14.6. The molecular weight excluding hydrogens is 861 g/mol. The smallest absolute Gasteiger partial charge is 0.264 e. The molecule has 9 rings (SSSR count). The zero-order chi connectivity index (χ0) is 48.0. The van der Waals surface area contributed by atoms with E-state index < -0.39 is 5.92 Å². The summed E-state index contributed by atoms with van der Waals surface area (Å²) in [6, 6.07) is 32.3. The number of nitrogens with zero attached hydrogens (tertiary/aromatic N) is 7. The largest absolute Gasteiger partial charge is 0.508 e. The molecule has 2 aromatic heterocycles. The minimum atomic E-state index is -2.56. The summed E-state index contributed by atoms with van der Waals surface area (Å²) in [5.74, 6) is -2.99. The van der Waals surface area contributed by atoms with Gasteiger partial charge in [0, 0.05) is 106 Å². The summed E-state index contributed by atoms with van der Waals surface area (Å²) in [5.41, 5.74) is 11.4. The fraction of sp³-hybridized carbons (Fsp3) is 0.345. The highest BCUT2D eigenvalue weighted by Gasteiger charge is 2.35. The van der Waals surface area contributed by atoms with Gasteiger partial charge in [-0.25, -0.2) is 8.78 Å². The van der Waals surface area contributed by atoms with Crippen molar-refractivity contribution in [2.75, 3.05) is 31.1 Å². The summed E-state index contributed by atoms with van der Waals surface area (Å²) >= 11 is 0. The number of anilines is 2. The Morgan fingerprint density at radius 3 is 2.18 bits per heavy atom. The van der Waals surface area contributed by atoms with Gasteiger partial charge in [0.05, 0.1) is 17.7 Å². The summed E-state index contributed by atoms with van der Waals surface area (Å²) < 4.78 is 31.0. The molecule has 4 aromatic carbocycles. The van der Waals surface area contributed by atoms with Crippen molar-refractivity contribution in [1.29, 1.82) is 5.26 Å². The first kappa shape index (κ1) is 46.1. The van der Waals surface area contributed by atoms with E-state index in [0.717, 1.165) is 40.8 Å². The van der Waals surface area contributed by atoms with Gasteiger partial charge in [0.15, 0.2) is 0 Å². The maximum Gasteiger partial charge on any atom is 0.264 e. The molecule has 5 heterocycles. The van der Waals surface area contributed by atoms with Crippen LogP contribution in [-0.4, -0.2) is 84.8 Å². The fourth-order valence-corrected chi connectivity index (χ4v) is 10.1. The van der Waals surface area contributed by atoms with Gasteiger partial charge in [-0.1, -0.05) is 48.5 Å². The molecule has 3 aliphatic heterocycles. The molecule has 68 heavy (non-hydrogen) atoms. The monoisotopic (exact) mass is 917 g/mol. The Labute approximate surface area is 396 Å². The number of phenols is 1. The SMILES string of the molecule is Cc1c(N(C(=O)c2cc(-c3cc4c(cc3C(=O)N3Cc5ccccc5C[C@H]3C)CN(C(=O)Cc3ccc(CCN5CCC(F)(F)CC5)cc3)CC4)n(C)c2C)c2ccc(O)cc2)cc(C#N)n1C. The fourth-order valence-electron chi connectivity index (χ4n) is 10.1. The number of phenolic OH excluding ortho intramolecular Hbond substituents is 1. The highest BCUT2D eigenvalue weighted by molar-refractivity contribution is 6.13. The number of amides is 3. The molecule has 0 spiro atoms. The van der Waals surface area contributed by atoms with Gasteiger partial charge in [-0.05, 0) is 122 Å². The van der Waals surface area contributed by atoms with Gasteiger partial charge in [-0.2, -0.15) is 5.26 Å². The van der Waals surface area contributed by atoms with Crippen LogP contribution in [0, 0.1) is 25.2 Å². The molecule has 1 atom stereocenters. The first-order valence-corrected chi connectivity index (χ1v) is 23.4. The van der Waals surface area contributed by atoms with E-state index >= 15 is 9.59 Å². The van der Waals surface area contributed by atoms with Gasteiger partial charge < -0.3 is 28.9 Å². The number of hydrogen-bond donors (Lipinski definition) is 1. The molecule has 350 valence electrons. The second kappa shape index (κ2) is 18.6. The van der Waals surface area contributed by atoms with Crippen LogP contribution in [-0.2, 0) is 57.7 Å². The summed E-state index contributed by atoms with van der Waals surface area (Å²) in [4.78, 5) is 51.6. The van der Waals surface area contributed by atoms with Gasteiger partial charge in [-0.3, -0.25) is 19.3 Å². The van der Waals surface area contributed by atoms with Crippen molar-refractivity contribution in [3.63, 3.8) is 0 Å². The molecule has 11 nitrogen and oxygen atoms in total. The number of aromatic hydroxyl groups is 1. The molecule has 1 N–H and O–H groups in total. The average molecular weight is 918 g/mol. The Balaban J connectivity index is 1.02. The number of nitriles is 1. The van der Waals surface area contributed by atoms with Crippen molar-refractivity contribution in [2.45, 2.75) is 84.4 Å². The Morgan fingerprint density at radius 1 is 0.794 bits per heavy atom. The maximum absolute atomic E-state index is 15.2.